The van der Waals surface area contributed by atoms with Gasteiger partial charge >= 0.3 is 0 Å². The number of nitrogens with two attached hydrogens (primary N) is 1. The molecule has 0 radical (unpaired) electrons. The summed E-state index contributed by atoms with van der Waals surface area (Å²) in [6, 6.07) is 21.4. The summed E-state index contributed by atoms with van der Waals surface area (Å²) in [6.45, 7) is 16.9. The lowest BCUT2D eigenvalue weighted by Gasteiger charge is -2.35. The third-order valence-corrected chi connectivity index (χ3v) is 7.95. The average molecular weight is 681 g/mol. The smallest absolute Gasteiger partial charge is 0.275 e. The van der Waals surface area contributed by atoms with E-state index >= 15 is 0 Å². The first-order chi connectivity index (χ1) is 23.4. The largest absolute Gasteiger partial charge is 0.496 e. The molecular formula is C40H48N4O6. The van der Waals surface area contributed by atoms with Crippen molar-refractivity contribution in [3.05, 3.63) is 128 Å². The Labute approximate surface area is 295 Å². The molecule has 4 aromatic carbocycles. The number of methoxy groups -OCH3 is 2. The monoisotopic (exact) mass is 680 g/mol. The van der Waals surface area contributed by atoms with Crippen LogP contribution in [0.25, 0.3) is 0 Å². The summed E-state index contributed by atoms with van der Waals surface area (Å²) in [7, 11) is 3.09. The molecule has 0 unspecified atom stereocenters. The van der Waals surface area contributed by atoms with Gasteiger partial charge in [-0.15, -0.1) is 0 Å². The third kappa shape index (κ3) is 9.35. The van der Waals surface area contributed by atoms with Gasteiger partial charge in [0.2, 0.25) is 0 Å². The molecule has 3 N–H and O–H groups in total. The van der Waals surface area contributed by atoms with Crippen molar-refractivity contribution < 1.29 is 28.7 Å². The summed E-state index contributed by atoms with van der Waals surface area (Å²) in [4.78, 5) is 51.1. The number of aryl methyl sites for hydroxylation is 4. The number of hydrogen-bond acceptors (Lipinski definition) is 7. The fourth-order valence-corrected chi connectivity index (χ4v) is 5.52. The molecule has 4 amide bonds. The number of carbonyl (C=O) groups excluding carboxylic acids is 4. The summed E-state index contributed by atoms with van der Waals surface area (Å²) < 4.78 is 10.5. The number of benzene rings is 4. The minimum atomic E-state index is -0.600. The number of ether oxygens (including phenoxy) is 2. The topological polar surface area (TPSA) is 131 Å². The maximum Gasteiger partial charge on any atom is 0.275 e. The zero-order valence-corrected chi connectivity index (χ0v) is 30.8. The van der Waals surface area contributed by atoms with Crippen LogP contribution in [0.5, 0.6) is 11.5 Å². The minimum absolute atomic E-state index is 0.247. The van der Waals surface area contributed by atoms with E-state index < -0.39 is 17.4 Å². The Balaban J connectivity index is 0.000000274. The number of nitrogens with one attached hydrogen (secondary N) is 1. The SMILES string of the molecule is COc1cccc(C(=O)N(N)C(=O)c2cc(C)cc(C)c2)c1C.COc1cccc(C(=O)NN(C(=O)c2cc(C)cc(C)c2)C(C)(C)C)c1C. The number of carbonyl (C=O) groups is 4. The molecule has 10 heteroatoms. The van der Waals surface area contributed by atoms with E-state index in [4.69, 9.17) is 15.3 Å². The summed E-state index contributed by atoms with van der Waals surface area (Å²) in [6.07, 6.45) is 0. The van der Waals surface area contributed by atoms with Gasteiger partial charge in [-0.05, 0) is 111 Å². The highest BCUT2D eigenvalue weighted by molar-refractivity contribution is 6.10. The Bertz CT molecular complexity index is 1870. The summed E-state index contributed by atoms with van der Waals surface area (Å²) >= 11 is 0. The van der Waals surface area contributed by atoms with Crippen LogP contribution < -0.4 is 20.7 Å². The van der Waals surface area contributed by atoms with Crippen LogP contribution in [0.4, 0.5) is 0 Å². The molecule has 0 aliphatic heterocycles. The number of imide groups is 1. The van der Waals surface area contributed by atoms with Crippen molar-refractivity contribution in [2.24, 2.45) is 5.84 Å². The van der Waals surface area contributed by atoms with Crippen molar-refractivity contribution in [2.45, 2.75) is 67.9 Å². The van der Waals surface area contributed by atoms with E-state index in [1.165, 1.54) is 12.1 Å². The number of hydrazine groups is 2. The maximum atomic E-state index is 13.2. The number of hydrogen-bond donors (Lipinski definition) is 2. The van der Waals surface area contributed by atoms with Gasteiger partial charge in [0, 0.05) is 33.4 Å². The summed E-state index contributed by atoms with van der Waals surface area (Å²) in [5.41, 5.74) is 9.18. The quantitative estimate of drug-likeness (QED) is 0.0972. The Hall–Kier alpha value is -5.48. The van der Waals surface area contributed by atoms with Crippen LogP contribution in [0.2, 0.25) is 0 Å². The van der Waals surface area contributed by atoms with E-state index in [2.05, 4.69) is 5.43 Å². The minimum Gasteiger partial charge on any atom is -0.496 e. The van der Waals surface area contributed by atoms with Gasteiger partial charge in [0.1, 0.15) is 11.5 Å². The molecule has 0 aromatic heterocycles. The molecular weight excluding hydrogens is 632 g/mol. The van der Waals surface area contributed by atoms with Crippen molar-refractivity contribution >= 4 is 23.6 Å². The van der Waals surface area contributed by atoms with E-state index in [0.29, 0.717) is 44.3 Å². The average Bonchev–Trinajstić information content (AvgIpc) is 3.05. The van der Waals surface area contributed by atoms with Crippen LogP contribution in [-0.4, -0.2) is 53.4 Å². The Morgan fingerprint density at radius 3 is 1.42 bits per heavy atom. The number of nitrogens with zero attached hydrogens (tertiary/aromatic N) is 2. The zero-order valence-electron chi connectivity index (χ0n) is 30.8. The number of amides is 4. The van der Waals surface area contributed by atoms with Crippen molar-refractivity contribution in [3.8, 4) is 11.5 Å². The van der Waals surface area contributed by atoms with Gasteiger partial charge in [-0.3, -0.25) is 24.6 Å². The fourth-order valence-electron chi connectivity index (χ4n) is 5.52. The molecule has 4 rings (SSSR count). The molecule has 0 aliphatic carbocycles. The molecule has 10 nitrogen and oxygen atoms in total. The molecule has 0 aliphatic rings. The summed E-state index contributed by atoms with van der Waals surface area (Å²) in [5.74, 6) is 5.28. The Morgan fingerprint density at radius 1 is 0.600 bits per heavy atom. The standard InChI is InChI=1S/C22H28N2O3.C18H20N2O3/c1-14-11-15(2)13-17(12-14)21(26)24(22(4,5)6)23-20(25)18-9-8-10-19(27-7)16(18)3;1-11-8-12(2)10-14(9-11)17(21)20(19)18(22)15-6-5-7-16(23-4)13(15)3/h8-13H,1-7H3,(H,23,25);5-10H,19H2,1-4H3. The van der Waals surface area contributed by atoms with Gasteiger partial charge in [0.05, 0.1) is 19.8 Å². The van der Waals surface area contributed by atoms with Crippen LogP contribution in [-0.2, 0) is 0 Å². The molecule has 0 fully saturated rings. The van der Waals surface area contributed by atoms with Crippen LogP contribution in [0, 0.1) is 41.5 Å². The Morgan fingerprint density at radius 2 is 1.00 bits per heavy atom. The predicted molar refractivity (Wildman–Crippen MR) is 195 cm³/mol. The van der Waals surface area contributed by atoms with Crippen LogP contribution in [0.1, 0.15) is 95.6 Å². The highest BCUT2D eigenvalue weighted by atomic mass is 16.5. The molecule has 0 saturated heterocycles. The molecule has 0 bridgehead atoms. The predicted octanol–water partition coefficient (Wildman–Crippen LogP) is 6.98. The normalized spacial score (nSPS) is 10.7. The van der Waals surface area contributed by atoms with Crippen molar-refractivity contribution in [1.82, 2.24) is 15.4 Å². The molecule has 0 spiro atoms. The van der Waals surface area contributed by atoms with Crippen LogP contribution >= 0.6 is 0 Å². The second-order valence-corrected chi connectivity index (χ2v) is 13.3. The van der Waals surface area contributed by atoms with Crippen LogP contribution in [0.3, 0.4) is 0 Å². The number of rotatable bonds is 6. The van der Waals surface area contributed by atoms with Crippen LogP contribution in [0.15, 0.2) is 72.8 Å². The van der Waals surface area contributed by atoms with Gasteiger partial charge in [-0.25, -0.2) is 15.9 Å². The van der Waals surface area contributed by atoms with E-state index in [1.54, 1.807) is 62.6 Å². The lowest BCUT2D eigenvalue weighted by molar-refractivity contribution is 0.0358. The Kier molecular flexibility index (Phi) is 12.7. The van der Waals surface area contributed by atoms with Gasteiger partial charge in [-0.2, -0.15) is 0 Å². The first kappa shape index (κ1) is 39.0. The zero-order chi connectivity index (χ0) is 37.5. The maximum absolute atomic E-state index is 13.2. The second-order valence-electron chi connectivity index (χ2n) is 13.3. The first-order valence-corrected chi connectivity index (χ1v) is 16.1. The van der Waals surface area contributed by atoms with E-state index in [1.807, 2.05) is 79.7 Å². The van der Waals surface area contributed by atoms with Crippen molar-refractivity contribution in [1.29, 1.82) is 0 Å². The first-order valence-electron chi connectivity index (χ1n) is 16.1. The lowest BCUT2D eigenvalue weighted by Crippen LogP contribution is -2.56. The van der Waals surface area contributed by atoms with Gasteiger partial charge in [0.15, 0.2) is 0 Å². The molecule has 0 heterocycles. The van der Waals surface area contributed by atoms with Gasteiger partial charge < -0.3 is 9.47 Å². The van der Waals surface area contributed by atoms with Crippen molar-refractivity contribution in [2.75, 3.05) is 14.2 Å². The fraction of sp³-hybridized carbons (Fsp3) is 0.300. The van der Waals surface area contributed by atoms with Gasteiger partial charge in [-0.1, -0.05) is 46.5 Å². The van der Waals surface area contributed by atoms with E-state index in [9.17, 15) is 19.2 Å². The molecule has 0 saturated carbocycles. The lowest BCUT2D eigenvalue weighted by atomic mass is 10.0. The van der Waals surface area contributed by atoms with Crippen molar-refractivity contribution in [3.63, 3.8) is 0 Å². The van der Waals surface area contributed by atoms with E-state index in [0.717, 1.165) is 27.8 Å². The second kappa shape index (κ2) is 16.3. The molecule has 4 aromatic rings. The third-order valence-electron chi connectivity index (χ3n) is 7.95. The van der Waals surface area contributed by atoms with Gasteiger partial charge in [0.25, 0.3) is 23.6 Å². The highest BCUT2D eigenvalue weighted by Gasteiger charge is 2.30. The summed E-state index contributed by atoms with van der Waals surface area (Å²) in [5, 5.41) is 2.04. The van der Waals surface area contributed by atoms with E-state index in [-0.39, 0.29) is 11.8 Å². The molecule has 264 valence electrons. The molecule has 50 heavy (non-hydrogen) atoms. The highest BCUT2D eigenvalue weighted by Crippen LogP contribution is 2.24. The molecule has 0 atom stereocenters.